The molecule has 0 aliphatic heterocycles. The van der Waals surface area contributed by atoms with Crippen LogP contribution in [0.2, 0.25) is 0 Å². The number of carbonyl (C=O) groups is 1. The van der Waals surface area contributed by atoms with Crippen LogP contribution in [0.15, 0.2) is 42.7 Å². The van der Waals surface area contributed by atoms with Crippen molar-refractivity contribution in [3.05, 3.63) is 59.4 Å². The van der Waals surface area contributed by atoms with Crippen LogP contribution < -0.4 is 16.0 Å². The fourth-order valence-corrected chi connectivity index (χ4v) is 2.68. The minimum atomic E-state index is -0.284. The summed E-state index contributed by atoms with van der Waals surface area (Å²) in [5.41, 5.74) is 4.19. The lowest BCUT2D eigenvalue weighted by Crippen LogP contribution is -2.18. The first-order valence-electron chi connectivity index (χ1n) is 8.60. The SMILES string of the molecule is CNc1nc(-c2ccncc2)nc(NC)c1C(=O)Nc1ccc(C)c(C)c1. The van der Waals surface area contributed by atoms with E-state index in [9.17, 15) is 4.79 Å². The number of aryl methyl sites for hydroxylation is 2. The summed E-state index contributed by atoms with van der Waals surface area (Å²) in [5.74, 6) is 1.12. The van der Waals surface area contributed by atoms with Gasteiger partial charge in [-0.15, -0.1) is 0 Å². The van der Waals surface area contributed by atoms with E-state index in [4.69, 9.17) is 0 Å². The van der Waals surface area contributed by atoms with Crippen LogP contribution >= 0.6 is 0 Å². The van der Waals surface area contributed by atoms with Gasteiger partial charge in [0.15, 0.2) is 5.82 Å². The summed E-state index contributed by atoms with van der Waals surface area (Å²) in [6, 6.07) is 9.44. The second kappa shape index (κ2) is 7.82. The maximum atomic E-state index is 12.9. The molecule has 0 aliphatic carbocycles. The number of hydrogen-bond donors (Lipinski definition) is 3. The molecule has 0 atom stereocenters. The van der Waals surface area contributed by atoms with Crippen LogP contribution in [-0.4, -0.2) is 35.0 Å². The Hall–Kier alpha value is -3.48. The Morgan fingerprint density at radius 1 is 0.889 bits per heavy atom. The van der Waals surface area contributed by atoms with Gasteiger partial charge in [-0.3, -0.25) is 9.78 Å². The average molecular weight is 362 g/mol. The molecule has 1 aromatic carbocycles. The fraction of sp³-hybridized carbons (Fsp3) is 0.200. The zero-order chi connectivity index (χ0) is 19.4. The van der Waals surface area contributed by atoms with E-state index in [1.165, 1.54) is 5.56 Å². The van der Waals surface area contributed by atoms with E-state index >= 15 is 0 Å². The largest absolute Gasteiger partial charge is 0.372 e. The van der Waals surface area contributed by atoms with Crippen molar-refractivity contribution in [3.8, 4) is 11.4 Å². The number of rotatable bonds is 5. The third kappa shape index (κ3) is 3.87. The molecule has 138 valence electrons. The maximum absolute atomic E-state index is 12.9. The lowest BCUT2D eigenvalue weighted by molar-refractivity contribution is 0.102. The van der Waals surface area contributed by atoms with Gasteiger partial charge in [-0.1, -0.05) is 6.07 Å². The summed E-state index contributed by atoms with van der Waals surface area (Å²) in [6.07, 6.45) is 3.36. The number of carbonyl (C=O) groups excluding carboxylic acids is 1. The molecule has 27 heavy (non-hydrogen) atoms. The van der Waals surface area contributed by atoms with Gasteiger partial charge in [-0.05, 0) is 49.2 Å². The molecule has 0 saturated carbocycles. The fourth-order valence-electron chi connectivity index (χ4n) is 2.68. The van der Waals surface area contributed by atoms with Crippen LogP contribution in [0.5, 0.6) is 0 Å². The molecule has 0 unspecified atom stereocenters. The summed E-state index contributed by atoms with van der Waals surface area (Å²) in [6.45, 7) is 4.04. The van der Waals surface area contributed by atoms with Crippen LogP contribution in [0.1, 0.15) is 21.5 Å². The maximum Gasteiger partial charge on any atom is 0.263 e. The first-order chi connectivity index (χ1) is 13.0. The standard InChI is InChI=1S/C20H22N6O/c1-12-5-6-15(11-13(12)2)24-20(27)16-18(21-3)25-17(26-19(16)22-4)14-7-9-23-10-8-14/h5-11H,1-4H3,(H,24,27)(H2,21,22,25,26). The van der Waals surface area contributed by atoms with Crippen LogP contribution in [0.3, 0.4) is 0 Å². The molecular weight excluding hydrogens is 340 g/mol. The van der Waals surface area contributed by atoms with Gasteiger partial charge in [-0.25, -0.2) is 9.97 Å². The molecule has 0 saturated heterocycles. The average Bonchev–Trinajstić information content (AvgIpc) is 2.70. The second-order valence-electron chi connectivity index (χ2n) is 6.11. The number of aromatic nitrogens is 3. The zero-order valence-electron chi connectivity index (χ0n) is 15.8. The molecule has 2 aromatic heterocycles. The normalized spacial score (nSPS) is 10.4. The predicted octanol–water partition coefficient (Wildman–Crippen LogP) is 3.49. The Morgan fingerprint density at radius 3 is 2.07 bits per heavy atom. The Morgan fingerprint density at radius 2 is 1.52 bits per heavy atom. The molecule has 0 aliphatic rings. The highest BCUT2D eigenvalue weighted by atomic mass is 16.1. The number of nitrogens with one attached hydrogen (secondary N) is 3. The first-order valence-corrected chi connectivity index (χ1v) is 8.60. The molecule has 7 nitrogen and oxygen atoms in total. The Bertz CT molecular complexity index is 946. The van der Waals surface area contributed by atoms with Gasteiger partial charge in [-0.2, -0.15) is 0 Å². The van der Waals surface area contributed by atoms with Crippen molar-refractivity contribution in [1.29, 1.82) is 0 Å². The number of hydrogen-bond acceptors (Lipinski definition) is 6. The highest BCUT2D eigenvalue weighted by Gasteiger charge is 2.21. The number of anilines is 3. The molecule has 7 heteroatoms. The molecule has 1 amide bonds. The van der Waals surface area contributed by atoms with E-state index in [1.807, 2.05) is 44.2 Å². The van der Waals surface area contributed by atoms with Crippen LogP contribution in [0.25, 0.3) is 11.4 Å². The van der Waals surface area contributed by atoms with Gasteiger partial charge < -0.3 is 16.0 Å². The van der Waals surface area contributed by atoms with Gasteiger partial charge >= 0.3 is 0 Å². The van der Waals surface area contributed by atoms with Crippen LogP contribution in [-0.2, 0) is 0 Å². The first kappa shape index (κ1) is 18.3. The lowest BCUT2D eigenvalue weighted by atomic mass is 10.1. The van der Waals surface area contributed by atoms with E-state index < -0.39 is 0 Å². The monoisotopic (exact) mass is 362 g/mol. The van der Waals surface area contributed by atoms with Crippen molar-refractivity contribution in [2.75, 3.05) is 30.0 Å². The zero-order valence-corrected chi connectivity index (χ0v) is 15.8. The van der Waals surface area contributed by atoms with E-state index in [0.717, 1.165) is 16.8 Å². The molecule has 0 fully saturated rings. The summed E-state index contributed by atoms with van der Waals surface area (Å²) >= 11 is 0. The summed E-state index contributed by atoms with van der Waals surface area (Å²) in [7, 11) is 3.45. The molecule has 0 bridgehead atoms. The molecule has 3 aromatic rings. The molecule has 0 radical (unpaired) electrons. The smallest absolute Gasteiger partial charge is 0.263 e. The highest BCUT2D eigenvalue weighted by Crippen LogP contribution is 2.26. The quantitative estimate of drug-likeness (QED) is 0.643. The number of nitrogens with zero attached hydrogens (tertiary/aromatic N) is 3. The minimum absolute atomic E-state index is 0.284. The van der Waals surface area contributed by atoms with Gasteiger partial charge in [0.05, 0.1) is 0 Å². The third-order valence-corrected chi connectivity index (χ3v) is 4.31. The van der Waals surface area contributed by atoms with Gasteiger partial charge in [0, 0.05) is 37.7 Å². The van der Waals surface area contributed by atoms with Crippen LogP contribution in [0, 0.1) is 13.8 Å². The Balaban J connectivity index is 2.00. The molecule has 3 rings (SSSR count). The second-order valence-corrected chi connectivity index (χ2v) is 6.11. The molecule has 0 spiro atoms. The summed E-state index contributed by atoms with van der Waals surface area (Å²) < 4.78 is 0. The Labute approximate surface area is 158 Å². The predicted molar refractivity (Wildman–Crippen MR) is 108 cm³/mol. The van der Waals surface area contributed by atoms with Crippen molar-refractivity contribution in [1.82, 2.24) is 15.0 Å². The Kier molecular flexibility index (Phi) is 5.30. The number of amides is 1. The lowest BCUT2D eigenvalue weighted by Gasteiger charge is -2.15. The third-order valence-electron chi connectivity index (χ3n) is 4.31. The molecule has 2 heterocycles. The van der Waals surface area contributed by atoms with Gasteiger partial charge in [0.2, 0.25) is 0 Å². The van der Waals surface area contributed by atoms with E-state index in [-0.39, 0.29) is 5.91 Å². The van der Waals surface area contributed by atoms with Crippen molar-refractivity contribution in [3.63, 3.8) is 0 Å². The van der Waals surface area contributed by atoms with Gasteiger partial charge in [0.25, 0.3) is 5.91 Å². The number of benzene rings is 1. The van der Waals surface area contributed by atoms with Crippen molar-refractivity contribution >= 4 is 23.2 Å². The van der Waals surface area contributed by atoms with E-state index in [1.54, 1.807) is 26.5 Å². The summed E-state index contributed by atoms with van der Waals surface area (Å²) in [4.78, 5) is 26.0. The van der Waals surface area contributed by atoms with Crippen molar-refractivity contribution in [2.24, 2.45) is 0 Å². The molecule has 3 N–H and O–H groups in total. The number of pyridine rings is 1. The molecular formula is C20H22N6O. The van der Waals surface area contributed by atoms with Crippen molar-refractivity contribution in [2.45, 2.75) is 13.8 Å². The minimum Gasteiger partial charge on any atom is -0.372 e. The topological polar surface area (TPSA) is 91.8 Å². The summed E-state index contributed by atoms with van der Waals surface area (Å²) in [5, 5.41) is 8.93. The van der Waals surface area contributed by atoms with Crippen LogP contribution in [0.4, 0.5) is 17.3 Å². The van der Waals surface area contributed by atoms with E-state index in [0.29, 0.717) is 23.0 Å². The van der Waals surface area contributed by atoms with Crippen molar-refractivity contribution < 1.29 is 4.79 Å². The van der Waals surface area contributed by atoms with Gasteiger partial charge in [0.1, 0.15) is 17.2 Å². The highest BCUT2D eigenvalue weighted by molar-refractivity contribution is 6.11. The van der Waals surface area contributed by atoms with E-state index in [2.05, 4.69) is 30.9 Å².